The zero-order chi connectivity index (χ0) is 14.6. The standard InChI is InChI=1S/C16H11ClN2O2/c17-11-8-12-10(6-15(20)18-12)5-14(11)19-13-4-2-1-3-9(13)7-16(19)21/h1-5,8H,6-7H2,(H,18,20). The summed E-state index contributed by atoms with van der Waals surface area (Å²) >= 11 is 6.32. The molecule has 0 radical (unpaired) electrons. The minimum absolute atomic E-state index is 0.00432. The molecular formula is C16H11ClN2O2. The van der Waals surface area contributed by atoms with Crippen molar-refractivity contribution in [1.29, 1.82) is 0 Å². The zero-order valence-corrected chi connectivity index (χ0v) is 11.8. The van der Waals surface area contributed by atoms with Gasteiger partial charge < -0.3 is 5.32 Å². The molecule has 0 unspecified atom stereocenters. The van der Waals surface area contributed by atoms with Crippen LogP contribution in [-0.2, 0) is 22.4 Å². The van der Waals surface area contributed by atoms with Crippen LogP contribution in [0.5, 0.6) is 0 Å². The molecule has 0 saturated heterocycles. The Labute approximate surface area is 126 Å². The van der Waals surface area contributed by atoms with Gasteiger partial charge in [0, 0.05) is 5.69 Å². The molecule has 4 rings (SSSR count). The van der Waals surface area contributed by atoms with Gasteiger partial charge in [0.05, 0.1) is 29.2 Å². The Balaban J connectivity index is 1.86. The highest BCUT2D eigenvalue weighted by Crippen LogP contribution is 2.41. The van der Waals surface area contributed by atoms with E-state index < -0.39 is 0 Å². The molecule has 4 nitrogen and oxygen atoms in total. The van der Waals surface area contributed by atoms with E-state index in [1.54, 1.807) is 11.0 Å². The number of amides is 2. The molecule has 0 aromatic heterocycles. The van der Waals surface area contributed by atoms with E-state index in [1.807, 2.05) is 30.3 Å². The molecule has 104 valence electrons. The molecule has 2 amide bonds. The molecule has 2 heterocycles. The van der Waals surface area contributed by atoms with Crippen LogP contribution >= 0.6 is 11.6 Å². The molecule has 0 spiro atoms. The number of rotatable bonds is 1. The molecule has 0 bridgehead atoms. The van der Waals surface area contributed by atoms with Gasteiger partial charge in [-0.1, -0.05) is 29.8 Å². The first-order valence-electron chi connectivity index (χ1n) is 6.66. The van der Waals surface area contributed by atoms with Gasteiger partial charge in [-0.05, 0) is 29.3 Å². The summed E-state index contributed by atoms with van der Waals surface area (Å²) < 4.78 is 0. The second-order valence-corrected chi connectivity index (χ2v) is 5.63. The number of hydrogen-bond acceptors (Lipinski definition) is 2. The van der Waals surface area contributed by atoms with Crippen LogP contribution < -0.4 is 10.2 Å². The molecule has 21 heavy (non-hydrogen) atoms. The first-order chi connectivity index (χ1) is 10.1. The fraction of sp³-hybridized carbons (Fsp3) is 0.125. The van der Waals surface area contributed by atoms with E-state index in [-0.39, 0.29) is 11.8 Å². The van der Waals surface area contributed by atoms with E-state index in [0.29, 0.717) is 23.6 Å². The van der Waals surface area contributed by atoms with E-state index in [0.717, 1.165) is 22.5 Å². The van der Waals surface area contributed by atoms with E-state index >= 15 is 0 Å². The number of carbonyl (C=O) groups excluding carboxylic acids is 2. The average Bonchev–Trinajstić information content (AvgIpc) is 2.95. The van der Waals surface area contributed by atoms with Gasteiger partial charge in [-0.3, -0.25) is 14.5 Å². The Morgan fingerprint density at radius 3 is 2.67 bits per heavy atom. The minimum Gasteiger partial charge on any atom is -0.325 e. The maximum Gasteiger partial charge on any atom is 0.236 e. The average molecular weight is 299 g/mol. The second-order valence-electron chi connectivity index (χ2n) is 5.22. The fourth-order valence-corrected chi connectivity index (χ4v) is 3.17. The molecule has 0 atom stereocenters. The molecule has 0 aliphatic carbocycles. The lowest BCUT2D eigenvalue weighted by Gasteiger charge is -2.20. The van der Waals surface area contributed by atoms with Crippen molar-refractivity contribution < 1.29 is 9.59 Å². The van der Waals surface area contributed by atoms with Gasteiger partial charge in [0.2, 0.25) is 11.8 Å². The topological polar surface area (TPSA) is 49.4 Å². The smallest absolute Gasteiger partial charge is 0.236 e. The minimum atomic E-state index is -0.0497. The van der Waals surface area contributed by atoms with Gasteiger partial charge >= 0.3 is 0 Å². The van der Waals surface area contributed by atoms with Crippen molar-refractivity contribution in [2.75, 3.05) is 10.2 Å². The Bertz CT molecular complexity index is 801. The summed E-state index contributed by atoms with van der Waals surface area (Å²) in [7, 11) is 0. The Kier molecular flexibility index (Phi) is 2.56. The molecule has 1 N–H and O–H groups in total. The summed E-state index contributed by atoms with van der Waals surface area (Å²) in [4.78, 5) is 25.4. The van der Waals surface area contributed by atoms with Crippen molar-refractivity contribution in [2.45, 2.75) is 12.8 Å². The molecular weight excluding hydrogens is 288 g/mol. The third kappa shape index (κ3) is 1.83. The normalized spacial score (nSPS) is 16.0. The number of nitrogens with zero attached hydrogens (tertiary/aromatic N) is 1. The van der Waals surface area contributed by atoms with Gasteiger partial charge in [0.25, 0.3) is 0 Å². The SMILES string of the molecule is O=C1Cc2cc(N3C(=O)Cc4ccccc43)c(Cl)cc2N1. The Hall–Kier alpha value is -2.33. The maximum absolute atomic E-state index is 12.3. The first-order valence-corrected chi connectivity index (χ1v) is 7.04. The Morgan fingerprint density at radius 1 is 1.00 bits per heavy atom. The van der Waals surface area contributed by atoms with Crippen LogP contribution in [0.25, 0.3) is 0 Å². The third-order valence-corrected chi connectivity index (χ3v) is 4.16. The predicted molar refractivity (Wildman–Crippen MR) is 81.1 cm³/mol. The number of halogens is 1. The highest BCUT2D eigenvalue weighted by Gasteiger charge is 2.31. The number of benzene rings is 2. The lowest BCUT2D eigenvalue weighted by molar-refractivity contribution is -0.117. The molecule has 0 fully saturated rings. The summed E-state index contributed by atoms with van der Waals surface area (Å²) in [5.74, 6) is -0.0540. The van der Waals surface area contributed by atoms with Gasteiger partial charge in [0.15, 0.2) is 0 Å². The largest absolute Gasteiger partial charge is 0.325 e. The lowest BCUT2D eigenvalue weighted by atomic mass is 10.1. The van der Waals surface area contributed by atoms with Crippen LogP contribution in [0.1, 0.15) is 11.1 Å². The zero-order valence-electron chi connectivity index (χ0n) is 11.0. The summed E-state index contributed by atoms with van der Waals surface area (Å²) in [6, 6.07) is 11.2. The van der Waals surface area contributed by atoms with Crippen LogP contribution in [0.3, 0.4) is 0 Å². The summed E-state index contributed by atoms with van der Waals surface area (Å²) in [5, 5.41) is 3.22. The van der Waals surface area contributed by atoms with Gasteiger partial charge in [-0.25, -0.2) is 0 Å². The predicted octanol–water partition coefficient (Wildman–Crippen LogP) is 3.06. The third-order valence-electron chi connectivity index (χ3n) is 3.86. The molecule has 2 aliphatic rings. The summed E-state index contributed by atoms with van der Waals surface area (Å²) in [6.45, 7) is 0. The molecule has 5 heteroatoms. The summed E-state index contributed by atoms with van der Waals surface area (Å²) in [6.07, 6.45) is 0.698. The van der Waals surface area contributed by atoms with Crippen LogP contribution in [0.2, 0.25) is 5.02 Å². The van der Waals surface area contributed by atoms with Crippen molar-refractivity contribution in [2.24, 2.45) is 0 Å². The highest BCUT2D eigenvalue weighted by atomic mass is 35.5. The quantitative estimate of drug-likeness (QED) is 0.879. The second kappa shape index (κ2) is 4.33. The van der Waals surface area contributed by atoms with E-state index in [9.17, 15) is 9.59 Å². The fourth-order valence-electron chi connectivity index (χ4n) is 2.93. The van der Waals surface area contributed by atoms with Crippen molar-refractivity contribution >= 4 is 40.5 Å². The highest BCUT2D eigenvalue weighted by molar-refractivity contribution is 6.35. The van der Waals surface area contributed by atoms with Crippen LogP contribution in [0, 0.1) is 0 Å². The van der Waals surface area contributed by atoms with Gasteiger partial charge in [0.1, 0.15) is 0 Å². The lowest BCUT2D eigenvalue weighted by Crippen LogP contribution is -2.21. The molecule has 0 saturated carbocycles. The van der Waals surface area contributed by atoms with Crippen LogP contribution in [0.15, 0.2) is 36.4 Å². The number of carbonyl (C=O) groups is 2. The number of para-hydroxylation sites is 1. The molecule has 2 aromatic rings. The van der Waals surface area contributed by atoms with Crippen molar-refractivity contribution in [3.05, 3.63) is 52.5 Å². The Morgan fingerprint density at radius 2 is 1.81 bits per heavy atom. The van der Waals surface area contributed by atoms with Crippen molar-refractivity contribution in [1.82, 2.24) is 0 Å². The number of fused-ring (bicyclic) bond motifs is 2. The van der Waals surface area contributed by atoms with E-state index in [4.69, 9.17) is 11.6 Å². The van der Waals surface area contributed by atoms with E-state index in [1.165, 1.54) is 0 Å². The number of hydrogen-bond donors (Lipinski definition) is 1. The first kappa shape index (κ1) is 12.4. The van der Waals surface area contributed by atoms with Crippen molar-refractivity contribution in [3.63, 3.8) is 0 Å². The van der Waals surface area contributed by atoms with Gasteiger partial charge in [-0.15, -0.1) is 0 Å². The van der Waals surface area contributed by atoms with Crippen LogP contribution in [0.4, 0.5) is 17.1 Å². The molecule has 2 aromatic carbocycles. The monoisotopic (exact) mass is 298 g/mol. The molecule has 2 aliphatic heterocycles. The van der Waals surface area contributed by atoms with Crippen LogP contribution in [-0.4, -0.2) is 11.8 Å². The van der Waals surface area contributed by atoms with E-state index in [2.05, 4.69) is 5.32 Å². The van der Waals surface area contributed by atoms with Gasteiger partial charge in [-0.2, -0.15) is 0 Å². The maximum atomic E-state index is 12.3. The van der Waals surface area contributed by atoms with Crippen molar-refractivity contribution in [3.8, 4) is 0 Å². The number of nitrogens with one attached hydrogen (secondary N) is 1. The summed E-state index contributed by atoms with van der Waals surface area (Å²) in [5.41, 5.74) is 4.10. The number of anilines is 3.